The van der Waals surface area contributed by atoms with Crippen molar-refractivity contribution in [2.24, 2.45) is 0 Å². The lowest BCUT2D eigenvalue weighted by molar-refractivity contribution is 0.0949. The van der Waals surface area contributed by atoms with Crippen molar-refractivity contribution < 1.29 is 14.3 Å². The molecule has 8 nitrogen and oxygen atoms in total. The summed E-state index contributed by atoms with van der Waals surface area (Å²) in [5.74, 6) is 0.421. The summed E-state index contributed by atoms with van der Waals surface area (Å²) in [7, 11) is 3.67. The number of ether oxygens (including phenoxy) is 2. The Bertz CT molecular complexity index is 1090. The number of nitrogens with one attached hydrogen (secondary N) is 3. The van der Waals surface area contributed by atoms with Gasteiger partial charge in [-0.2, -0.15) is 0 Å². The molecule has 1 amide bonds. The van der Waals surface area contributed by atoms with E-state index in [1.54, 1.807) is 13.2 Å². The van der Waals surface area contributed by atoms with Gasteiger partial charge in [-0.3, -0.25) is 9.59 Å². The standard InChI is InChI=1S/C28H42N4O4/c1-7-32(22-10-8-21(29-5)9-11-22)26-16-23(36-13-12-35-6)15-24(20(26)4)27(33)30-17-25-18(2)14-19(3)31-28(25)34/h14-16,21-22,29H,7-13,17H2,1-6H3,(H,30,33)(H,31,34). The number of carbonyl (C=O) groups excluding carboxylic acids is 1. The first-order valence-electron chi connectivity index (χ1n) is 13.0. The van der Waals surface area contributed by atoms with Gasteiger partial charge in [0.2, 0.25) is 0 Å². The maximum absolute atomic E-state index is 13.4. The smallest absolute Gasteiger partial charge is 0.253 e. The van der Waals surface area contributed by atoms with Gasteiger partial charge in [0.05, 0.1) is 6.61 Å². The number of aromatic amines is 1. The zero-order chi connectivity index (χ0) is 26.2. The molecule has 36 heavy (non-hydrogen) atoms. The molecule has 0 atom stereocenters. The Labute approximate surface area is 214 Å². The molecule has 0 radical (unpaired) electrons. The van der Waals surface area contributed by atoms with E-state index < -0.39 is 0 Å². The largest absolute Gasteiger partial charge is 0.491 e. The molecule has 3 rings (SSSR count). The summed E-state index contributed by atoms with van der Waals surface area (Å²) in [6.45, 7) is 9.76. The van der Waals surface area contributed by atoms with Crippen molar-refractivity contribution >= 4 is 11.6 Å². The number of methoxy groups -OCH3 is 1. The maximum atomic E-state index is 13.4. The molecule has 0 unspecified atom stereocenters. The number of H-pyrrole nitrogens is 1. The quantitative estimate of drug-likeness (QED) is 0.410. The van der Waals surface area contributed by atoms with E-state index in [0.29, 0.717) is 42.2 Å². The number of pyridine rings is 1. The molecule has 1 saturated carbocycles. The first-order valence-corrected chi connectivity index (χ1v) is 13.0. The second kappa shape index (κ2) is 12.9. The van der Waals surface area contributed by atoms with Gasteiger partial charge in [-0.05, 0) is 83.7 Å². The number of hydrogen-bond acceptors (Lipinski definition) is 6. The molecule has 0 spiro atoms. The topological polar surface area (TPSA) is 95.7 Å². The summed E-state index contributed by atoms with van der Waals surface area (Å²) < 4.78 is 11.1. The third-order valence-electron chi connectivity index (χ3n) is 7.27. The Balaban J connectivity index is 1.90. The van der Waals surface area contributed by atoms with Crippen LogP contribution < -0.4 is 25.8 Å². The normalized spacial score (nSPS) is 17.6. The summed E-state index contributed by atoms with van der Waals surface area (Å²) in [5.41, 5.74) is 4.56. The Morgan fingerprint density at radius 3 is 2.44 bits per heavy atom. The van der Waals surface area contributed by atoms with Crippen molar-refractivity contribution in [1.29, 1.82) is 0 Å². The molecule has 1 heterocycles. The summed E-state index contributed by atoms with van der Waals surface area (Å²) in [6, 6.07) is 6.74. The first kappa shape index (κ1) is 27.7. The molecule has 1 fully saturated rings. The third-order valence-corrected chi connectivity index (χ3v) is 7.27. The molecule has 198 valence electrons. The van der Waals surface area contributed by atoms with Crippen LogP contribution in [0.1, 0.15) is 65.3 Å². The molecule has 1 aromatic carbocycles. The fourth-order valence-corrected chi connectivity index (χ4v) is 5.20. The van der Waals surface area contributed by atoms with Gasteiger partial charge < -0.3 is 30.0 Å². The Kier molecular flexibility index (Phi) is 9.96. The van der Waals surface area contributed by atoms with E-state index in [4.69, 9.17) is 9.47 Å². The van der Waals surface area contributed by atoms with Crippen LogP contribution in [0.25, 0.3) is 0 Å². The molecule has 0 bridgehead atoms. The number of amides is 1. The highest BCUT2D eigenvalue weighted by atomic mass is 16.5. The number of anilines is 1. The highest BCUT2D eigenvalue weighted by Gasteiger charge is 2.27. The van der Waals surface area contributed by atoms with Crippen LogP contribution >= 0.6 is 0 Å². The van der Waals surface area contributed by atoms with E-state index in [1.807, 2.05) is 40.0 Å². The zero-order valence-electron chi connectivity index (χ0n) is 22.6. The number of aromatic nitrogens is 1. The lowest BCUT2D eigenvalue weighted by Gasteiger charge is -2.39. The number of carbonyl (C=O) groups is 1. The molecule has 2 aromatic rings. The van der Waals surface area contributed by atoms with E-state index in [-0.39, 0.29) is 18.0 Å². The molecule has 1 aliphatic rings. The highest BCUT2D eigenvalue weighted by molar-refractivity contribution is 5.97. The molecule has 1 aliphatic carbocycles. The fourth-order valence-electron chi connectivity index (χ4n) is 5.20. The van der Waals surface area contributed by atoms with Crippen LogP contribution in [0, 0.1) is 20.8 Å². The molecular formula is C28H42N4O4. The third kappa shape index (κ3) is 6.68. The average molecular weight is 499 g/mol. The van der Waals surface area contributed by atoms with Crippen molar-refractivity contribution in [2.45, 2.75) is 72.0 Å². The van der Waals surface area contributed by atoms with E-state index in [1.165, 1.54) is 0 Å². The summed E-state index contributed by atoms with van der Waals surface area (Å²) in [6.07, 6.45) is 4.48. The van der Waals surface area contributed by atoms with Crippen LogP contribution in [0.3, 0.4) is 0 Å². The molecular weight excluding hydrogens is 456 g/mol. The number of aryl methyl sites for hydroxylation is 2. The Morgan fingerprint density at radius 1 is 1.11 bits per heavy atom. The predicted octanol–water partition coefficient (Wildman–Crippen LogP) is 3.61. The van der Waals surface area contributed by atoms with Crippen LogP contribution in [0.15, 0.2) is 23.0 Å². The van der Waals surface area contributed by atoms with Crippen molar-refractivity contribution in [2.75, 3.05) is 38.8 Å². The zero-order valence-corrected chi connectivity index (χ0v) is 22.6. The van der Waals surface area contributed by atoms with Gasteiger partial charge in [-0.25, -0.2) is 0 Å². The van der Waals surface area contributed by atoms with Gasteiger partial charge in [-0.15, -0.1) is 0 Å². The van der Waals surface area contributed by atoms with E-state index in [0.717, 1.165) is 54.7 Å². The van der Waals surface area contributed by atoms with Gasteiger partial charge in [0.25, 0.3) is 11.5 Å². The van der Waals surface area contributed by atoms with Gasteiger partial charge >= 0.3 is 0 Å². The van der Waals surface area contributed by atoms with Crippen molar-refractivity contribution in [3.05, 3.63) is 56.5 Å². The molecule has 0 saturated heterocycles. The van der Waals surface area contributed by atoms with Gasteiger partial charge in [-0.1, -0.05) is 0 Å². The van der Waals surface area contributed by atoms with Gasteiger partial charge in [0, 0.05) is 60.9 Å². The van der Waals surface area contributed by atoms with Crippen LogP contribution in [-0.2, 0) is 11.3 Å². The highest BCUT2D eigenvalue weighted by Crippen LogP contribution is 2.34. The van der Waals surface area contributed by atoms with E-state index in [9.17, 15) is 9.59 Å². The fraction of sp³-hybridized carbons (Fsp3) is 0.571. The van der Waals surface area contributed by atoms with Crippen LogP contribution in [0.4, 0.5) is 5.69 Å². The predicted molar refractivity (Wildman–Crippen MR) is 144 cm³/mol. The number of rotatable bonds is 11. The first-order chi connectivity index (χ1) is 17.3. The minimum absolute atomic E-state index is 0.162. The SMILES string of the molecule is CCN(c1cc(OCCOC)cc(C(=O)NCc2c(C)cc(C)[nH]c2=O)c1C)C1CCC(NC)CC1. The van der Waals surface area contributed by atoms with Crippen molar-refractivity contribution in [1.82, 2.24) is 15.6 Å². The van der Waals surface area contributed by atoms with E-state index in [2.05, 4.69) is 27.4 Å². The summed E-state index contributed by atoms with van der Waals surface area (Å²) in [4.78, 5) is 31.1. The van der Waals surface area contributed by atoms with Crippen molar-refractivity contribution in [3.63, 3.8) is 0 Å². The number of nitrogens with zero attached hydrogens (tertiary/aromatic N) is 1. The minimum atomic E-state index is -0.222. The van der Waals surface area contributed by atoms with Crippen LogP contribution in [0.5, 0.6) is 5.75 Å². The Hall–Kier alpha value is -2.84. The minimum Gasteiger partial charge on any atom is -0.491 e. The maximum Gasteiger partial charge on any atom is 0.253 e. The monoisotopic (exact) mass is 498 g/mol. The summed E-state index contributed by atoms with van der Waals surface area (Å²) in [5, 5.41) is 6.37. The van der Waals surface area contributed by atoms with Gasteiger partial charge in [0.15, 0.2) is 0 Å². The second-order valence-corrected chi connectivity index (χ2v) is 9.66. The van der Waals surface area contributed by atoms with Crippen molar-refractivity contribution in [3.8, 4) is 5.75 Å². The molecule has 1 aromatic heterocycles. The molecule has 3 N–H and O–H groups in total. The van der Waals surface area contributed by atoms with Gasteiger partial charge in [0.1, 0.15) is 12.4 Å². The molecule has 8 heteroatoms. The second-order valence-electron chi connectivity index (χ2n) is 9.66. The average Bonchev–Trinajstić information content (AvgIpc) is 2.85. The Morgan fingerprint density at radius 2 is 1.83 bits per heavy atom. The lowest BCUT2D eigenvalue weighted by Crippen LogP contribution is -2.42. The van der Waals surface area contributed by atoms with Crippen LogP contribution in [-0.4, -0.2) is 56.9 Å². The lowest BCUT2D eigenvalue weighted by atomic mass is 9.89. The van der Waals surface area contributed by atoms with E-state index >= 15 is 0 Å². The van der Waals surface area contributed by atoms with Crippen LogP contribution in [0.2, 0.25) is 0 Å². The number of benzene rings is 1. The molecule has 0 aliphatic heterocycles. The summed E-state index contributed by atoms with van der Waals surface area (Å²) >= 11 is 0. The number of hydrogen-bond donors (Lipinski definition) is 3.